The van der Waals surface area contributed by atoms with E-state index < -0.39 is 5.63 Å². The molecule has 1 atom stereocenters. The van der Waals surface area contributed by atoms with Crippen LogP contribution in [-0.2, 0) is 0 Å². The Morgan fingerprint density at radius 2 is 2.00 bits per heavy atom. The number of phenolic OH excluding ortho intramolecular Hbond substituents is 1. The highest BCUT2D eigenvalue weighted by Crippen LogP contribution is 2.47. The second-order valence-corrected chi connectivity index (χ2v) is 9.16. The van der Waals surface area contributed by atoms with Crippen molar-refractivity contribution in [2.75, 3.05) is 0 Å². The lowest BCUT2D eigenvalue weighted by atomic mass is 9.99. The highest BCUT2D eigenvalue weighted by molar-refractivity contribution is 7.99. The molecule has 0 saturated carbocycles. The van der Waals surface area contributed by atoms with Gasteiger partial charge in [0.2, 0.25) is 0 Å². The molecule has 1 unspecified atom stereocenters. The van der Waals surface area contributed by atoms with Crippen molar-refractivity contribution < 1.29 is 9.52 Å². The van der Waals surface area contributed by atoms with Crippen LogP contribution in [0.2, 0.25) is 0 Å². The second-order valence-electron chi connectivity index (χ2n) is 6.94. The molecule has 1 aliphatic heterocycles. The predicted molar refractivity (Wildman–Crippen MR) is 119 cm³/mol. The third-order valence-electron chi connectivity index (χ3n) is 5.02. The SMILES string of the molecule is Cc1cc(=O)oc2c(C3=Nc4ccccc4SC(c4cccs4)C3)c(O)ccc12. The smallest absolute Gasteiger partial charge is 0.336 e. The molecule has 4 aromatic rings. The van der Waals surface area contributed by atoms with E-state index in [1.54, 1.807) is 35.2 Å². The standard InChI is InChI=1S/C23H17NO3S2/c1-13-11-21(26)27-23-14(13)8-9-17(25)22(23)16-12-20(19-7-4-10-28-19)29-18-6-3-2-5-15(18)24-16/h2-11,20,25H,12H2,1H3. The predicted octanol–water partition coefficient (Wildman–Crippen LogP) is 6.23. The number of aryl methyl sites for hydroxylation is 1. The minimum atomic E-state index is -0.430. The number of benzene rings is 2. The molecule has 5 rings (SSSR count). The average molecular weight is 420 g/mol. The van der Waals surface area contributed by atoms with Crippen LogP contribution in [0.15, 0.2) is 79.1 Å². The van der Waals surface area contributed by atoms with Crippen molar-refractivity contribution in [3.63, 3.8) is 0 Å². The van der Waals surface area contributed by atoms with Gasteiger partial charge in [0.15, 0.2) is 5.58 Å². The maximum absolute atomic E-state index is 12.1. The van der Waals surface area contributed by atoms with E-state index in [1.165, 1.54) is 10.9 Å². The Labute approximate surface area is 175 Å². The fraction of sp³-hybridized carbons (Fsp3) is 0.130. The van der Waals surface area contributed by atoms with E-state index >= 15 is 0 Å². The Bertz CT molecular complexity index is 1310. The van der Waals surface area contributed by atoms with Crippen LogP contribution >= 0.6 is 23.1 Å². The summed E-state index contributed by atoms with van der Waals surface area (Å²) in [4.78, 5) is 19.3. The van der Waals surface area contributed by atoms with Gasteiger partial charge in [0.05, 0.1) is 17.0 Å². The van der Waals surface area contributed by atoms with Crippen molar-refractivity contribution in [3.05, 3.63) is 86.4 Å². The van der Waals surface area contributed by atoms with Crippen molar-refractivity contribution in [1.29, 1.82) is 0 Å². The lowest BCUT2D eigenvalue weighted by Crippen LogP contribution is -2.08. The molecular formula is C23H17NO3S2. The van der Waals surface area contributed by atoms with E-state index in [9.17, 15) is 9.90 Å². The first kappa shape index (κ1) is 18.2. The summed E-state index contributed by atoms with van der Waals surface area (Å²) in [7, 11) is 0. The molecule has 1 aliphatic rings. The van der Waals surface area contributed by atoms with E-state index in [4.69, 9.17) is 9.41 Å². The summed E-state index contributed by atoms with van der Waals surface area (Å²) < 4.78 is 5.56. The number of nitrogens with zero attached hydrogens (tertiary/aromatic N) is 1. The quantitative estimate of drug-likeness (QED) is 0.391. The molecule has 0 saturated heterocycles. The van der Waals surface area contributed by atoms with Crippen molar-refractivity contribution in [2.45, 2.75) is 23.5 Å². The molecule has 1 N–H and O–H groups in total. The molecule has 2 aromatic heterocycles. The number of thioether (sulfide) groups is 1. The molecule has 0 spiro atoms. The van der Waals surface area contributed by atoms with E-state index in [-0.39, 0.29) is 11.0 Å². The molecule has 3 heterocycles. The summed E-state index contributed by atoms with van der Waals surface area (Å²) >= 11 is 3.48. The summed E-state index contributed by atoms with van der Waals surface area (Å²) in [5, 5.41) is 13.8. The molecule has 144 valence electrons. The van der Waals surface area contributed by atoms with Gasteiger partial charge in [-0.3, -0.25) is 4.99 Å². The molecule has 4 nitrogen and oxygen atoms in total. The Morgan fingerprint density at radius 3 is 2.83 bits per heavy atom. The number of rotatable bonds is 2. The van der Waals surface area contributed by atoms with Crippen molar-refractivity contribution in [1.82, 2.24) is 0 Å². The third kappa shape index (κ3) is 3.28. The van der Waals surface area contributed by atoms with Crippen LogP contribution in [-0.4, -0.2) is 10.8 Å². The van der Waals surface area contributed by atoms with Crippen molar-refractivity contribution >= 4 is 45.5 Å². The van der Waals surface area contributed by atoms with Gasteiger partial charge in [-0.2, -0.15) is 0 Å². The highest BCUT2D eigenvalue weighted by atomic mass is 32.2. The molecule has 6 heteroatoms. The Kier molecular flexibility index (Phi) is 4.53. The lowest BCUT2D eigenvalue weighted by Gasteiger charge is -2.15. The normalized spacial score (nSPS) is 16.3. The number of fused-ring (bicyclic) bond motifs is 2. The van der Waals surface area contributed by atoms with Crippen molar-refractivity contribution in [2.24, 2.45) is 4.99 Å². The summed E-state index contributed by atoms with van der Waals surface area (Å²) in [5.41, 5.74) is 2.86. The highest BCUT2D eigenvalue weighted by Gasteiger charge is 2.26. The van der Waals surface area contributed by atoms with Crippen LogP contribution in [0.25, 0.3) is 11.0 Å². The van der Waals surface area contributed by atoms with Gasteiger partial charge in [-0.05, 0) is 48.2 Å². The van der Waals surface area contributed by atoms with E-state index in [1.807, 2.05) is 31.2 Å². The van der Waals surface area contributed by atoms with Gasteiger partial charge in [-0.15, -0.1) is 23.1 Å². The number of para-hydroxylation sites is 1. The van der Waals surface area contributed by atoms with Gasteiger partial charge in [0, 0.05) is 32.9 Å². The Balaban J connectivity index is 1.77. The zero-order valence-electron chi connectivity index (χ0n) is 15.6. The summed E-state index contributed by atoms with van der Waals surface area (Å²) in [6, 6.07) is 17.1. The summed E-state index contributed by atoms with van der Waals surface area (Å²) in [6.07, 6.45) is 0.615. The van der Waals surface area contributed by atoms with E-state index in [2.05, 4.69) is 17.5 Å². The van der Waals surface area contributed by atoms with E-state index in [0.717, 1.165) is 27.2 Å². The first-order valence-electron chi connectivity index (χ1n) is 9.23. The fourth-order valence-corrected chi connectivity index (χ4v) is 5.81. The molecular weight excluding hydrogens is 402 g/mol. The number of hydrogen-bond acceptors (Lipinski definition) is 6. The Hall–Kier alpha value is -2.83. The van der Waals surface area contributed by atoms with Crippen LogP contribution in [0.1, 0.15) is 27.7 Å². The van der Waals surface area contributed by atoms with Crippen LogP contribution in [0.4, 0.5) is 5.69 Å². The van der Waals surface area contributed by atoms with Crippen LogP contribution in [0.5, 0.6) is 5.75 Å². The summed E-state index contributed by atoms with van der Waals surface area (Å²) in [5.74, 6) is 0.0688. The molecule has 2 aromatic carbocycles. The zero-order chi connectivity index (χ0) is 20.0. The van der Waals surface area contributed by atoms with Crippen LogP contribution in [0.3, 0.4) is 0 Å². The molecule has 0 fully saturated rings. The van der Waals surface area contributed by atoms with Gasteiger partial charge in [-0.25, -0.2) is 4.79 Å². The van der Waals surface area contributed by atoms with Gasteiger partial charge >= 0.3 is 5.63 Å². The molecule has 0 bridgehead atoms. The first-order chi connectivity index (χ1) is 14.1. The zero-order valence-corrected chi connectivity index (χ0v) is 17.2. The third-order valence-corrected chi connectivity index (χ3v) is 7.45. The maximum atomic E-state index is 12.1. The Morgan fingerprint density at radius 1 is 1.14 bits per heavy atom. The fourth-order valence-electron chi connectivity index (χ4n) is 3.65. The molecule has 29 heavy (non-hydrogen) atoms. The molecule has 0 aliphatic carbocycles. The lowest BCUT2D eigenvalue weighted by molar-refractivity contribution is 0.471. The first-order valence-corrected chi connectivity index (χ1v) is 11.0. The number of hydrogen-bond donors (Lipinski definition) is 1. The van der Waals surface area contributed by atoms with Crippen molar-refractivity contribution in [3.8, 4) is 5.75 Å². The van der Waals surface area contributed by atoms with Gasteiger partial charge in [0.1, 0.15) is 5.75 Å². The molecule has 0 radical (unpaired) electrons. The largest absolute Gasteiger partial charge is 0.507 e. The monoisotopic (exact) mass is 419 g/mol. The van der Waals surface area contributed by atoms with Crippen LogP contribution in [0, 0.1) is 6.92 Å². The summed E-state index contributed by atoms with van der Waals surface area (Å²) in [6.45, 7) is 1.87. The average Bonchev–Trinajstić information content (AvgIpc) is 3.16. The van der Waals surface area contributed by atoms with Gasteiger partial charge < -0.3 is 9.52 Å². The van der Waals surface area contributed by atoms with Gasteiger partial charge in [0.25, 0.3) is 0 Å². The topological polar surface area (TPSA) is 62.8 Å². The van der Waals surface area contributed by atoms with E-state index in [0.29, 0.717) is 17.6 Å². The minimum Gasteiger partial charge on any atom is -0.507 e. The number of phenols is 1. The number of thiophene rings is 1. The second kappa shape index (κ2) is 7.21. The number of aliphatic imine (C=N–C) groups is 1. The maximum Gasteiger partial charge on any atom is 0.336 e. The molecule has 0 amide bonds. The van der Waals surface area contributed by atoms with Gasteiger partial charge in [-0.1, -0.05) is 18.2 Å². The number of aromatic hydroxyl groups is 1. The minimum absolute atomic E-state index is 0.0688. The van der Waals surface area contributed by atoms with Crippen LogP contribution < -0.4 is 5.63 Å².